The zero-order valence-corrected chi connectivity index (χ0v) is 12.7. The smallest absolute Gasteiger partial charge is 0.0809 e. The van der Waals surface area contributed by atoms with Crippen LogP contribution in [0.5, 0.6) is 0 Å². The van der Waals surface area contributed by atoms with Gasteiger partial charge in [-0.05, 0) is 31.1 Å². The van der Waals surface area contributed by atoms with Crippen molar-refractivity contribution < 1.29 is 5.11 Å². The number of halogens is 1. The third-order valence-corrected chi connectivity index (χ3v) is 4.39. The van der Waals surface area contributed by atoms with Gasteiger partial charge in [-0.3, -0.25) is 0 Å². The number of nitrogens with two attached hydrogens (primary N) is 1. The molecule has 0 aliphatic heterocycles. The maximum absolute atomic E-state index is 10.2. The topological polar surface area (TPSA) is 46.2 Å². The van der Waals surface area contributed by atoms with Gasteiger partial charge >= 0.3 is 0 Å². The van der Waals surface area contributed by atoms with Crippen LogP contribution < -0.4 is 5.73 Å². The largest absolute Gasteiger partial charge is 0.390 e. The van der Waals surface area contributed by atoms with Crippen LogP contribution in [-0.4, -0.2) is 22.5 Å². The fourth-order valence-corrected chi connectivity index (χ4v) is 3.21. The highest BCUT2D eigenvalue weighted by Crippen LogP contribution is 2.31. The van der Waals surface area contributed by atoms with Crippen LogP contribution in [0.4, 0.5) is 0 Å². The van der Waals surface area contributed by atoms with Crippen LogP contribution in [0.3, 0.4) is 0 Å². The van der Waals surface area contributed by atoms with Gasteiger partial charge in [-0.15, -0.1) is 12.4 Å². The van der Waals surface area contributed by atoms with E-state index in [0.29, 0.717) is 11.8 Å². The molecular weight excluding hydrogens is 254 g/mol. The molecule has 0 spiro atoms. The van der Waals surface area contributed by atoms with Crippen molar-refractivity contribution in [3.63, 3.8) is 0 Å². The van der Waals surface area contributed by atoms with E-state index in [1.165, 1.54) is 32.1 Å². The van der Waals surface area contributed by atoms with E-state index in [0.717, 1.165) is 6.42 Å². The molecule has 1 rings (SSSR count). The Morgan fingerprint density at radius 3 is 2.24 bits per heavy atom. The van der Waals surface area contributed by atoms with E-state index in [9.17, 15) is 5.11 Å². The van der Waals surface area contributed by atoms with Crippen LogP contribution in [0, 0.1) is 11.8 Å². The molecule has 1 aliphatic carbocycles. The van der Waals surface area contributed by atoms with Crippen molar-refractivity contribution in [2.75, 3.05) is 0 Å². The molecule has 1 saturated carbocycles. The molecule has 2 nitrogen and oxygen atoms in total. The quantitative estimate of drug-likeness (QED) is 0.679. The molecule has 17 heavy (non-hydrogen) atoms. The minimum atomic E-state index is -0.450. The first-order valence-corrected chi connectivity index (χ1v) is 7.15. The summed E-state index contributed by atoms with van der Waals surface area (Å²) in [6.45, 7) is 4.28. The highest BCUT2D eigenvalue weighted by Gasteiger charge is 2.30. The summed E-state index contributed by atoms with van der Waals surface area (Å²) in [5.74, 6) is 1.10. The van der Waals surface area contributed by atoms with Gasteiger partial charge in [0.2, 0.25) is 0 Å². The Morgan fingerprint density at radius 2 is 1.76 bits per heavy atom. The number of thiol groups is 1. The van der Waals surface area contributed by atoms with Gasteiger partial charge in [0.25, 0.3) is 0 Å². The molecule has 0 aromatic rings. The Balaban J connectivity index is 0.00000256. The van der Waals surface area contributed by atoms with E-state index >= 15 is 0 Å². The Morgan fingerprint density at radius 1 is 1.24 bits per heavy atom. The first-order chi connectivity index (χ1) is 7.52. The maximum Gasteiger partial charge on any atom is 0.0809 e. The lowest BCUT2D eigenvalue weighted by Crippen LogP contribution is -2.44. The molecule has 0 radical (unpaired) electrons. The molecule has 1 fully saturated rings. The average Bonchev–Trinajstić information content (AvgIpc) is 2.27. The van der Waals surface area contributed by atoms with Crippen LogP contribution in [0.2, 0.25) is 0 Å². The van der Waals surface area contributed by atoms with Crippen LogP contribution in [0.15, 0.2) is 0 Å². The average molecular weight is 282 g/mol. The van der Waals surface area contributed by atoms with Gasteiger partial charge in [0.1, 0.15) is 0 Å². The third-order valence-electron chi connectivity index (χ3n) is 3.66. The second-order valence-electron chi connectivity index (χ2n) is 5.67. The number of aliphatic hydroxyl groups is 1. The van der Waals surface area contributed by atoms with Crippen molar-refractivity contribution in [3.8, 4) is 0 Å². The minimum absolute atomic E-state index is 0. The Kier molecular flexibility index (Phi) is 8.91. The van der Waals surface area contributed by atoms with Gasteiger partial charge in [-0.2, -0.15) is 12.6 Å². The molecule has 0 saturated heterocycles. The van der Waals surface area contributed by atoms with Gasteiger partial charge in [-0.1, -0.05) is 33.1 Å². The lowest BCUT2D eigenvalue weighted by Gasteiger charge is -2.33. The van der Waals surface area contributed by atoms with Crippen LogP contribution in [-0.2, 0) is 0 Å². The molecular formula is C13H28ClNOS. The number of hydrogen-bond acceptors (Lipinski definition) is 3. The summed E-state index contributed by atoms with van der Waals surface area (Å²) in [6.07, 6.45) is 6.76. The summed E-state index contributed by atoms with van der Waals surface area (Å²) in [5.41, 5.74) is 6.03. The monoisotopic (exact) mass is 281 g/mol. The van der Waals surface area contributed by atoms with Crippen molar-refractivity contribution in [2.45, 2.75) is 69.8 Å². The minimum Gasteiger partial charge on any atom is -0.390 e. The second kappa shape index (κ2) is 8.63. The van der Waals surface area contributed by atoms with Crippen LogP contribution in [0.25, 0.3) is 0 Å². The first-order valence-electron chi connectivity index (χ1n) is 6.64. The highest BCUT2D eigenvalue weighted by atomic mass is 35.5. The molecule has 0 heterocycles. The predicted octanol–water partition coefficient (Wildman–Crippen LogP) is 3.02. The molecule has 1 aliphatic rings. The molecule has 0 aromatic carbocycles. The summed E-state index contributed by atoms with van der Waals surface area (Å²) >= 11 is 4.60. The van der Waals surface area contributed by atoms with Gasteiger partial charge in [0.05, 0.1) is 6.10 Å². The molecule has 3 unspecified atom stereocenters. The number of rotatable bonds is 5. The molecule has 3 atom stereocenters. The molecule has 0 aromatic heterocycles. The summed E-state index contributed by atoms with van der Waals surface area (Å²) in [6, 6.07) is -0.121. The molecule has 0 amide bonds. The van der Waals surface area contributed by atoms with E-state index in [4.69, 9.17) is 5.73 Å². The van der Waals surface area contributed by atoms with E-state index in [1.807, 2.05) is 0 Å². The predicted molar refractivity (Wildman–Crippen MR) is 80.0 cm³/mol. The Labute approximate surface area is 118 Å². The summed E-state index contributed by atoms with van der Waals surface area (Å²) in [4.78, 5) is 0. The summed E-state index contributed by atoms with van der Waals surface area (Å²) in [5, 5.41) is 10.2. The fourth-order valence-electron chi connectivity index (χ4n) is 2.69. The molecule has 3 N–H and O–H groups in total. The van der Waals surface area contributed by atoms with Gasteiger partial charge in [-0.25, -0.2) is 0 Å². The second-order valence-corrected chi connectivity index (χ2v) is 6.27. The Hall–Kier alpha value is 0.560. The molecule has 0 bridgehead atoms. The summed E-state index contributed by atoms with van der Waals surface area (Å²) < 4.78 is 0. The van der Waals surface area contributed by atoms with E-state index in [1.54, 1.807) is 0 Å². The lowest BCUT2D eigenvalue weighted by atomic mass is 9.83. The van der Waals surface area contributed by atoms with E-state index < -0.39 is 6.10 Å². The van der Waals surface area contributed by atoms with Crippen molar-refractivity contribution in [1.82, 2.24) is 0 Å². The van der Waals surface area contributed by atoms with Crippen molar-refractivity contribution in [2.24, 2.45) is 17.6 Å². The standard InChI is InChI=1S/C13H27NOS.ClH/c1-9(2)8-11(14)12(15)13(16)10-6-4-3-5-7-10;/h9-13,15-16H,3-8,14H2,1-2H3;1H. The first kappa shape index (κ1) is 17.6. The Bertz CT molecular complexity index is 198. The zero-order chi connectivity index (χ0) is 12.1. The van der Waals surface area contributed by atoms with Gasteiger partial charge < -0.3 is 10.8 Å². The zero-order valence-electron chi connectivity index (χ0n) is 11.0. The molecule has 4 heteroatoms. The fraction of sp³-hybridized carbons (Fsp3) is 1.00. The van der Waals surface area contributed by atoms with Gasteiger partial charge in [0.15, 0.2) is 0 Å². The van der Waals surface area contributed by atoms with Crippen LogP contribution in [0.1, 0.15) is 52.4 Å². The van der Waals surface area contributed by atoms with E-state index in [-0.39, 0.29) is 23.7 Å². The van der Waals surface area contributed by atoms with Crippen molar-refractivity contribution in [1.29, 1.82) is 0 Å². The highest BCUT2D eigenvalue weighted by molar-refractivity contribution is 7.81. The SMILES string of the molecule is CC(C)CC(N)C(O)C(S)C1CCCCC1.Cl. The summed E-state index contributed by atoms with van der Waals surface area (Å²) in [7, 11) is 0. The third kappa shape index (κ3) is 5.82. The lowest BCUT2D eigenvalue weighted by molar-refractivity contribution is 0.106. The van der Waals surface area contributed by atoms with Crippen molar-refractivity contribution >= 4 is 25.0 Å². The van der Waals surface area contributed by atoms with Gasteiger partial charge in [0, 0.05) is 11.3 Å². The number of hydrogen-bond donors (Lipinski definition) is 3. The van der Waals surface area contributed by atoms with E-state index in [2.05, 4.69) is 26.5 Å². The van der Waals surface area contributed by atoms with Crippen LogP contribution >= 0.6 is 25.0 Å². The molecule has 104 valence electrons. The van der Waals surface area contributed by atoms with Crippen molar-refractivity contribution in [3.05, 3.63) is 0 Å². The number of aliphatic hydroxyl groups excluding tert-OH is 1. The normalized spacial score (nSPS) is 22.9. The maximum atomic E-state index is 10.2.